The monoisotopic (exact) mass is 350 g/mol. The molecule has 0 aliphatic rings. The number of nitrogens with zero attached hydrogens (tertiary/aromatic N) is 2. The molecule has 0 aliphatic heterocycles. The Morgan fingerprint density at radius 3 is 2.86 bits per heavy atom. The second-order valence-corrected chi connectivity index (χ2v) is 3.38. The standard InChI is InChI=1S/C9H4N2S.2Y/c1-6-2-3-7-8(4-6)12-9(5-10)11-7;;/h3H,1H3;;/q-2;;. The van der Waals surface area contributed by atoms with Gasteiger partial charge in [-0.3, -0.25) is 11.6 Å². The third-order valence-corrected chi connectivity index (χ3v) is 2.37. The quantitative estimate of drug-likeness (QED) is 0.683. The molecule has 0 N–H and O–H groups in total. The van der Waals surface area contributed by atoms with Gasteiger partial charge in [-0.05, 0) is 0 Å². The number of hydrogen-bond acceptors (Lipinski definition) is 3. The largest absolute Gasteiger partial charge is 0.358 e. The van der Waals surface area contributed by atoms with Gasteiger partial charge >= 0.3 is 0 Å². The van der Waals surface area contributed by atoms with E-state index in [-0.39, 0.29) is 65.4 Å². The van der Waals surface area contributed by atoms with E-state index < -0.39 is 0 Å². The summed E-state index contributed by atoms with van der Waals surface area (Å²) in [5, 5.41) is 9.07. The van der Waals surface area contributed by atoms with E-state index in [4.69, 9.17) is 5.26 Å². The summed E-state index contributed by atoms with van der Waals surface area (Å²) in [6, 6.07) is 9.88. The molecule has 0 amide bonds. The van der Waals surface area contributed by atoms with Crippen LogP contribution in [0.4, 0.5) is 0 Å². The van der Waals surface area contributed by atoms with E-state index in [1.807, 2.05) is 13.0 Å². The predicted octanol–water partition coefficient (Wildman–Crippen LogP) is 2.07. The number of nitriles is 1. The van der Waals surface area contributed by atoms with Gasteiger partial charge in [0, 0.05) is 65.4 Å². The Bertz CT molecular complexity index is 473. The van der Waals surface area contributed by atoms with Crippen LogP contribution in [0.5, 0.6) is 0 Å². The molecule has 1 heterocycles. The molecular weight excluding hydrogens is 346 g/mol. The number of rotatable bonds is 0. The average molecular weight is 350 g/mol. The molecule has 1 aromatic carbocycles. The summed E-state index contributed by atoms with van der Waals surface area (Å²) in [6.07, 6.45) is 0. The van der Waals surface area contributed by atoms with Crippen molar-refractivity contribution in [3.05, 3.63) is 28.8 Å². The van der Waals surface area contributed by atoms with Crippen LogP contribution in [0.1, 0.15) is 10.6 Å². The third kappa shape index (κ3) is 3.15. The molecule has 2 nitrogen and oxygen atoms in total. The summed E-state index contributed by atoms with van der Waals surface area (Å²) < 4.78 is 0.933. The maximum absolute atomic E-state index is 8.58. The van der Waals surface area contributed by atoms with Crippen molar-refractivity contribution in [2.45, 2.75) is 6.92 Å². The molecule has 1 aromatic heterocycles. The van der Waals surface area contributed by atoms with Gasteiger partial charge in [-0.2, -0.15) is 21.3 Å². The van der Waals surface area contributed by atoms with Crippen molar-refractivity contribution in [2.75, 3.05) is 0 Å². The fraction of sp³-hybridized carbons (Fsp3) is 0.111. The zero-order valence-corrected chi connectivity index (χ0v) is 14.0. The fourth-order valence-electron chi connectivity index (χ4n) is 0.950. The predicted molar refractivity (Wildman–Crippen MR) is 46.7 cm³/mol. The fourth-order valence-corrected chi connectivity index (χ4v) is 1.75. The molecule has 14 heavy (non-hydrogen) atoms. The SMILES string of the molecule is Cc1[c-]cc2nc(C#N)sc2[c-]1.[Y].[Y]. The van der Waals surface area contributed by atoms with Gasteiger partial charge < -0.3 is 17.1 Å². The summed E-state index contributed by atoms with van der Waals surface area (Å²) in [5.41, 5.74) is 1.76. The zero-order valence-electron chi connectivity index (χ0n) is 7.53. The Kier molecular flexibility index (Phi) is 6.77. The first-order valence-electron chi connectivity index (χ1n) is 3.41. The minimum absolute atomic E-state index is 0. The maximum atomic E-state index is 8.58. The molecule has 0 saturated carbocycles. The third-order valence-electron chi connectivity index (χ3n) is 1.48. The van der Waals surface area contributed by atoms with E-state index in [9.17, 15) is 0 Å². The van der Waals surface area contributed by atoms with Crippen molar-refractivity contribution in [2.24, 2.45) is 0 Å². The summed E-state index contributed by atoms with van der Waals surface area (Å²) in [6.45, 7) is 1.92. The van der Waals surface area contributed by atoms with Crippen LogP contribution >= 0.6 is 11.3 Å². The second-order valence-electron chi connectivity index (χ2n) is 2.38. The van der Waals surface area contributed by atoms with E-state index in [1.165, 1.54) is 11.3 Å². The first-order chi connectivity index (χ1) is 5.79. The van der Waals surface area contributed by atoms with Crippen molar-refractivity contribution in [3.63, 3.8) is 0 Å². The van der Waals surface area contributed by atoms with E-state index in [0.29, 0.717) is 5.01 Å². The summed E-state index contributed by atoms with van der Waals surface area (Å²) in [5.74, 6) is 0. The van der Waals surface area contributed by atoms with E-state index in [1.54, 1.807) is 6.07 Å². The normalized spacial score (nSPS) is 8.57. The average Bonchev–Trinajstić information content (AvgIpc) is 2.46. The molecule has 0 bridgehead atoms. The van der Waals surface area contributed by atoms with E-state index in [0.717, 1.165) is 15.8 Å². The van der Waals surface area contributed by atoms with Gasteiger partial charge in [0.25, 0.3) is 0 Å². The molecule has 0 spiro atoms. The molecule has 0 saturated heterocycles. The van der Waals surface area contributed by atoms with E-state index >= 15 is 0 Å². The molecule has 5 heteroatoms. The Morgan fingerprint density at radius 1 is 1.50 bits per heavy atom. The number of fused-ring (bicyclic) bond motifs is 1. The number of hydrogen-bond donors (Lipinski definition) is 0. The molecule has 2 rings (SSSR count). The molecular formula is C9H4N2SY2-2. The Labute approximate surface area is 137 Å². The first-order valence-corrected chi connectivity index (χ1v) is 4.22. The first kappa shape index (κ1) is 14.8. The van der Waals surface area contributed by atoms with Crippen LogP contribution in [0.3, 0.4) is 0 Å². The molecule has 0 fully saturated rings. The number of aryl methyl sites for hydroxylation is 1. The van der Waals surface area contributed by atoms with Crippen LogP contribution in [-0.4, -0.2) is 4.98 Å². The zero-order chi connectivity index (χ0) is 8.55. The molecule has 0 atom stereocenters. The van der Waals surface area contributed by atoms with Gasteiger partial charge in [0.1, 0.15) is 6.07 Å². The minimum atomic E-state index is 0. The summed E-state index contributed by atoms with van der Waals surface area (Å²) >= 11 is 1.36. The molecule has 0 aliphatic carbocycles. The minimum Gasteiger partial charge on any atom is -0.358 e. The van der Waals surface area contributed by atoms with Crippen molar-refractivity contribution in [1.82, 2.24) is 4.98 Å². The Balaban J connectivity index is 0.000000845. The van der Waals surface area contributed by atoms with E-state index in [2.05, 4.69) is 17.1 Å². The smallest absolute Gasteiger partial charge is 0.168 e. The number of thiazole rings is 1. The molecule has 64 valence electrons. The molecule has 0 unspecified atom stereocenters. The maximum Gasteiger partial charge on any atom is 0.168 e. The molecule has 2 radical (unpaired) electrons. The number of aromatic nitrogens is 1. The summed E-state index contributed by atoms with van der Waals surface area (Å²) in [7, 11) is 0. The second kappa shape index (κ2) is 6.40. The van der Waals surface area contributed by atoms with Crippen LogP contribution < -0.4 is 0 Å². The van der Waals surface area contributed by atoms with Gasteiger partial charge in [0.2, 0.25) is 0 Å². The van der Waals surface area contributed by atoms with Gasteiger partial charge in [-0.25, -0.2) is 0 Å². The number of benzene rings is 1. The van der Waals surface area contributed by atoms with Crippen LogP contribution in [0.15, 0.2) is 6.07 Å². The van der Waals surface area contributed by atoms with Gasteiger partial charge in [-0.1, -0.05) is 6.92 Å². The van der Waals surface area contributed by atoms with Crippen LogP contribution in [-0.2, 0) is 65.4 Å². The van der Waals surface area contributed by atoms with Gasteiger partial charge in [-0.15, -0.1) is 5.52 Å². The van der Waals surface area contributed by atoms with Crippen LogP contribution in [0.25, 0.3) is 10.2 Å². The van der Waals surface area contributed by atoms with Crippen LogP contribution in [0.2, 0.25) is 0 Å². The topological polar surface area (TPSA) is 36.7 Å². The van der Waals surface area contributed by atoms with Gasteiger partial charge in [0.15, 0.2) is 5.01 Å². The Hall–Kier alpha value is 0.808. The Morgan fingerprint density at radius 2 is 2.21 bits per heavy atom. The van der Waals surface area contributed by atoms with Crippen molar-refractivity contribution < 1.29 is 65.4 Å². The van der Waals surface area contributed by atoms with Crippen LogP contribution in [0, 0.1) is 30.4 Å². The van der Waals surface area contributed by atoms with Crippen molar-refractivity contribution >= 4 is 21.6 Å². The van der Waals surface area contributed by atoms with Gasteiger partial charge in [0.05, 0.1) is 0 Å². The van der Waals surface area contributed by atoms with Crippen molar-refractivity contribution in [3.8, 4) is 6.07 Å². The summed E-state index contributed by atoms with van der Waals surface area (Å²) in [4.78, 5) is 4.07. The van der Waals surface area contributed by atoms with Crippen molar-refractivity contribution in [1.29, 1.82) is 5.26 Å². The molecule has 2 aromatic rings.